The van der Waals surface area contributed by atoms with Crippen molar-refractivity contribution in [3.63, 3.8) is 0 Å². The van der Waals surface area contributed by atoms with Crippen LogP contribution < -0.4 is 0 Å². The molecule has 0 fully saturated rings. The molecule has 3 heterocycles. The smallest absolute Gasteiger partial charge is 0.0992 e. The molecule has 0 spiro atoms. The summed E-state index contributed by atoms with van der Waals surface area (Å²) in [6.07, 6.45) is 0. The maximum atomic E-state index is 9.60. The predicted octanol–water partition coefficient (Wildman–Crippen LogP) is 9.34. The molecule has 4 nitrogen and oxygen atoms in total. The molecule has 0 aliphatic carbocycles. The standard InChI is InChI=1S/C38H20N4/c39-21-23-17-24(22-40)19-26(18-23)25-13-14-29-27-7-1-4-10-32(27)41(36(29)20-25)35-16-15-30-28-8-2-5-11-33(28)42-34-12-6-3-9-31(34)37(35)38(30)42/h1-20H. The minimum Gasteiger partial charge on any atom is -0.309 e. The Kier molecular flexibility index (Phi) is 4.43. The summed E-state index contributed by atoms with van der Waals surface area (Å²) in [6, 6.07) is 46.6. The van der Waals surface area contributed by atoms with Crippen LogP contribution in [0, 0.1) is 22.7 Å². The van der Waals surface area contributed by atoms with Gasteiger partial charge in [0.05, 0.1) is 56.5 Å². The molecule has 6 aromatic carbocycles. The van der Waals surface area contributed by atoms with Crippen molar-refractivity contribution in [3.8, 4) is 29.0 Å². The van der Waals surface area contributed by atoms with Gasteiger partial charge in [0.25, 0.3) is 0 Å². The van der Waals surface area contributed by atoms with Crippen molar-refractivity contribution in [1.29, 1.82) is 10.5 Å². The van der Waals surface area contributed by atoms with E-state index in [1.54, 1.807) is 6.07 Å². The van der Waals surface area contributed by atoms with Crippen LogP contribution in [0.2, 0.25) is 0 Å². The van der Waals surface area contributed by atoms with Crippen molar-refractivity contribution < 1.29 is 0 Å². The molecule has 9 rings (SSSR count). The lowest BCUT2D eigenvalue weighted by Crippen LogP contribution is -1.95. The van der Waals surface area contributed by atoms with Crippen molar-refractivity contribution in [3.05, 3.63) is 132 Å². The highest BCUT2D eigenvalue weighted by atomic mass is 15.0. The molecule has 4 heteroatoms. The molecule has 0 aliphatic rings. The van der Waals surface area contributed by atoms with E-state index in [4.69, 9.17) is 0 Å². The molecule has 0 aliphatic heterocycles. The van der Waals surface area contributed by atoms with Crippen LogP contribution in [0.3, 0.4) is 0 Å². The number of hydrogen-bond acceptors (Lipinski definition) is 2. The highest BCUT2D eigenvalue weighted by molar-refractivity contribution is 6.26. The van der Waals surface area contributed by atoms with Gasteiger partial charge in [-0.3, -0.25) is 0 Å². The van der Waals surface area contributed by atoms with Gasteiger partial charge >= 0.3 is 0 Å². The summed E-state index contributed by atoms with van der Waals surface area (Å²) >= 11 is 0. The summed E-state index contributed by atoms with van der Waals surface area (Å²) in [5.74, 6) is 0. The van der Waals surface area contributed by atoms with E-state index in [1.165, 1.54) is 43.5 Å². The molecule has 0 atom stereocenters. The van der Waals surface area contributed by atoms with E-state index in [2.05, 4.69) is 124 Å². The van der Waals surface area contributed by atoms with Crippen LogP contribution in [-0.4, -0.2) is 8.97 Å². The van der Waals surface area contributed by atoms with Gasteiger partial charge in [0.1, 0.15) is 0 Å². The van der Waals surface area contributed by atoms with Crippen molar-refractivity contribution >= 4 is 59.9 Å². The van der Waals surface area contributed by atoms with Crippen LogP contribution in [0.25, 0.3) is 76.7 Å². The monoisotopic (exact) mass is 532 g/mol. The number of aromatic nitrogens is 2. The van der Waals surface area contributed by atoms with Crippen molar-refractivity contribution in [2.75, 3.05) is 0 Å². The largest absolute Gasteiger partial charge is 0.309 e. The Labute approximate surface area is 240 Å². The van der Waals surface area contributed by atoms with Crippen LogP contribution in [0.4, 0.5) is 0 Å². The van der Waals surface area contributed by atoms with E-state index in [1.807, 2.05) is 12.1 Å². The van der Waals surface area contributed by atoms with Gasteiger partial charge < -0.3 is 8.97 Å². The average molecular weight is 533 g/mol. The Bertz CT molecular complexity index is 2620. The lowest BCUT2D eigenvalue weighted by molar-refractivity contribution is 1.20. The fourth-order valence-electron chi connectivity index (χ4n) is 6.96. The van der Waals surface area contributed by atoms with Gasteiger partial charge in [0.2, 0.25) is 0 Å². The summed E-state index contributed by atoms with van der Waals surface area (Å²) < 4.78 is 4.79. The number of nitrogens with zero attached hydrogens (tertiary/aromatic N) is 4. The SMILES string of the molecule is N#Cc1cc(C#N)cc(-c2ccc3c4ccccc4n(-c4ccc5c6ccccc6n6c7ccccc7c4c56)c3c2)c1. The first-order valence-electron chi connectivity index (χ1n) is 13.9. The van der Waals surface area contributed by atoms with Crippen molar-refractivity contribution in [2.24, 2.45) is 0 Å². The van der Waals surface area contributed by atoms with Gasteiger partial charge in [-0.05, 0) is 59.7 Å². The second-order valence-electron chi connectivity index (χ2n) is 10.8. The fourth-order valence-corrected chi connectivity index (χ4v) is 6.96. The predicted molar refractivity (Wildman–Crippen MR) is 170 cm³/mol. The van der Waals surface area contributed by atoms with Crippen LogP contribution in [0.5, 0.6) is 0 Å². The summed E-state index contributed by atoms with van der Waals surface area (Å²) in [4.78, 5) is 0. The van der Waals surface area contributed by atoms with Gasteiger partial charge in [0.15, 0.2) is 0 Å². The van der Waals surface area contributed by atoms with E-state index >= 15 is 0 Å². The molecule has 42 heavy (non-hydrogen) atoms. The average Bonchev–Trinajstić information content (AvgIpc) is 3.69. The van der Waals surface area contributed by atoms with Crippen molar-refractivity contribution in [2.45, 2.75) is 0 Å². The summed E-state index contributed by atoms with van der Waals surface area (Å²) in [5, 5.41) is 26.5. The van der Waals surface area contributed by atoms with E-state index in [0.717, 1.165) is 33.2 Å². The first-order valence-corrected chi connectivity index (χ1v) is 13.9. The van der Waals surface area contributed by atoms with Gasteiger partial charge in [-0.15, -0.1) is 0 Å². The molecule has 0 saturated carbocycles. The zero-order valence-corrected chi connectivity index (χ0v) is 22.3. The van der Waals surface area contributed by atoms with Crippen LogP contribution in [0.15, 0.2) is 121 Å². The second-order valence-corrected chi connectivity index (χ2v) is 10.8. The second kappa shape index (κ2) is 8.21. The molecular formula is C38H20N4. The third-order valence-electron chi connectivity index (χ3n) is 8.67. The topological polar surface area (TPSA) is 56.9 Å². The molecule has 3 aromatic heterocycles. The minimum absolute atomic E-state index is 0.479. The Balaban J connectivity index is 1.44. The molecule has 9 aromatic rings. The number of fused-ring (bicyclic) bond motifs is 9. The normalized spacial score (nSPS) is 11.8. The Morgan fingerprint density at radius 2 is 1.02 bits per heavy atom. The fraction of sp³-hybridized carbons (Fsp3) is 0. The summed E-state index contributed by atoms with van der Waals surface area (Å²) in [7, 11) is 0. The van der Waals surface area contributed by atoms with Crippen LogP contribution in [-0.2, 0) is 0 Å². The highest BCUT2D eigenvalue weighted by Gasteiger charge is 2.22. The molecule has 0 N–H and O–H groups in total. The maximum Gasteiger partial charge on any atom is 0.0992 e. The zero-order chi connectivity index (χ0) is 27.9. The highest BCUT2D eigenvalue weighted by Crippen LogP contribution is 2.44. The lowest BCUT2D eigenvalue weighted by Gasteiger charge is -2.12. The molecule has 0 amide bonds. The van der Waals surface area contributed by atoms with Crippen LogP contribution >= 0.6 is 0 Å². The third-order valence-corrected chi connectivity index (χ3v) is 8.67. The van der Waals surface area contributed by atoms with Crippen molar-refractivity contribution in [1.82, 2.24) is 8.97 Å². The first-order chi connectivity index (χ1) is 20.7. The molecule has 192 valence electrons. The number of nitriles is 2. The van der Waals surface area contributed by atoms with E-state index in [0.29, 0.717) is 11.1 Å². The molecular weight excluding hydrogens is 512 g/mol. The first kappa shape index (κ1) is 22.7. The molecule has 0 saturated heterocycles. The molecule has 0 radical (unpaired) electrons. The number of benzene rings is 6. The summed E-state index contributed by atoms with van der Waals surface area (Å²) in [6.45, 7) is 0. The van der Waals surface area contributed by atoms with E-state index in [-0.39, 0.29) is 0 Å². The molecule has 0 unspecified atom stereocenters. The number of rotatable bonds is 2. The Morgan fingerprint density at radius 3 is 1.74 bits per heavy atom. The minimum atomic E-state index is 0.479. The number of hydrogen-bond donors (Lipinski definition) is 0. The lowest BCUT2D eigenvalue weighted by atomic mass is 9.99. The quantitative estimate of drug-likeness (QED) is 0.223. The maximum absolute atomic E-state index is 9.60. The van der Waals surface area contributed by atoms with Gasteiger partial charge in [-0.25, -0.2) is 0 Å². The zero-order valence-electron chi connectivity index (χ0n) is 22.3. The van der Waals surface area contributed by atoms with E-state index in [9.17, 15) is 10.5 Å². The van der Waals surface area contributed by atoms with Crippen LogP contribution in [0.1, 0.15) is 11.1 Å². The Morgan fingerprint density at radius 1 is 0.452 bits per heavy atom. The Hall–Kier alpha value is -6.10. The van der Waals surface area contributed by atoms with Gasteiger partial charge in [-0.1, -0.05) is 72.8 Å². The third kappa shape index (κ3) is 2.88. The van der Waals surface area contributed by atoms with Gasteiger partial charge in [-0.2, -0.15) is 10.5 Å². The number of para-hydroxylation sites is 3. The summed E-state index contributed by atoms with van der Waals surface area (Å²) in [5.41, 5.74) is 9.77. The van der Waals surface area contributed by atoms with E-state index < -0.39 is 0 Å². The molecule has 0 bridgehead atoms. The van der Waals surface area contributed by atoms with Gasteiger partial charge in [0, 0.05) is 32.3 Å².